The summed E-state index contributed by atoms with van der Waals surface area (Å²) in [6.07, 6.45) is 2.91. The van der Waals surface area contributed by atoms with Crippen LogP contribution < -0.4 is 5.32 Å². The third kappa shape index (κ3) is 5.39. The average Bonchev–Trinajstić information content (AvgIpc) is 3.12. The lowest BCUT2D eigenvalue weighted by atomic mass is 10.1. The van der Waals surface area contributed by atoms with Crippen LogP contribution in [0.4, 0.5) is 0 Å². The predicted octanol–water partition coefficient (Wildman–Crippen LogP) is 4.17. The lowest BCUT2D eigenvalue weighted by Crippen LogP contribution is -2.47. The van der Waals surface area contributed by atoms with Gasteiger partial charge in [0.1, 0.15) is 6.26 Å². The Morgan fingerprint density at radius 1 is 1.38 bits per heavy atom. The van der Waals surface area contributed by atoms with E-state index < -0.39 is 0 Å². The molecule has 2 aromatic rings. The number of nitrogens with zero attached hydrogens (tertiary/aromatic N) is 3. The monoisotopic (exact) mass is 486 g/mol. The summed E-state index contributed by atoms with van der Waals surface area (Å²) >= 11 is 2.06. The molecule has 26 heavy (non-hydrogen) atoms. The van der Waals surface area contributed by atoms with Crippen LogP contribution in [0.15, 0.2) is 39.9 Å². The van der Waals surface area contributed by atoms with Gasteiger partial charge in [-0.25, -0.2) is 4.98 Å². The van der Waals surface area contributed by atoms with Crippen LogP contribution in [-0.4, -0.2) is 47.0 Å². The van der Waals surface area contributed by atoms with Crippen molar-refractivity contribution in [1.82, 2.24) is 15.2 Å². The van der Waals surface area contributed by atoms with Crippen molar-refractivity contribution in [1.29, 1.82) is 0 Å². The minimum atomic E-state index is 0. The predicted molar refractivity (Wildman–Crippen MR) is 120 cm³/mol. The summed E-state index contributed by atoms with van der Waals surface area (Å²) in [5, 5.41) is 4.11. The van der Waals surface area contributed by atoms with E-state index in [9.17, 15) is 0 Å². The number of oxazole rings is 1. The molecule has 2 heterocycles. The van der Waals surface area contributed by atoms with Crippen molar-refractivity contribution >= 4 is 41.7 Å². The Hall–Kier alpha value is -1.22. The van der Waals surface area contributed by atoms with Crippen molar-refractivity contribution in [3.8, 4) is 11.5 Å². The molecule has 3 rings (SSSR count). The number of guanidine groups is 1. The molecule has 1 aromatic carbocycles. The molecule has 0 aliphatic carbocycles. The Bertz CT molecular complexity index is 717. The third-order valence-electron chi connectivity index (χ3n) is 4.38. The molecule has 1 saturated heterocycles. The van der Waals surface area contributed by atoms with E-state index in [1.54, 1.807) is 6.26 Å². The van der Waals surface area contributed by atoms with E-state index in [0.717, 1.165) is 36.1 Å². The highest BCUT2D eigenvalue weighted by Crippen LogP contribution is 2.21. The molecule has 1 aliphatic heterocycles. The molecular weight excluding hydrogens is 459 g/mol. The molecule has 0 radical (unpaired) electrons. The Kier molecular flexibility index (Phi) is 8.27. The number of benzene rings is 1. The molecule has 1 aliphatic rings. The van der Waals surface area contributed by atoms with E-state index in [2.05, 4.69) is 57.9 Å². The largest absolute Gasteiger partial charge is 0.444 e. The summed E-state index contributed by atoms with van der Waals surface area (Å²) in [5.41, 5.74) is 3.11. The first-order chi connectivity index (χ1) is 12.2. The Morgan fingerprint density at radius 3 is 2.85 bits per heavy atom. The van der Waals surface area contributed by atoms with Gasteiger partial charge < -0.3 is 14.6 Å². The van der Waals surface area contributed by atoms with Crippen molar-refractivity contribution in [2.24, 2.45) is 4.99 Å². The van der Waals surface area contributed by atoms with Crippen LogP contribution in [-0.2, 0) is 6.54 Å². The molecule has 0 amide bonds. The molecule has 0 spiro atoms. The minimum absolute atomic E-state index is 0. The van der Waals surface area contributed by atoms with Gasteiger partial charge in [-0.15, -0.1) is 24.0 Å². The van der Waals surface area contributed by atoms with Crippen LogP contribution in [0.3, 0.4) is 0 Å². The summed E-state index contributed by atoms with van der Waals surface area (Å²) in [6, 6.07) is 8.21. The summed E-state index contributed by atoms with van der Waals surface area (Å²) in [5.74, 6) is 2.76. The van der Waals surface area contributed by atoms with E-state index >= 15 is 0 Å². The van der Waals surface area contributed by atoms with Gasteiger partial charge in [0.2, 0.25) is 5.89 Å². The number of aryl methyl sites for hydroxylation is 1. The van der Waals surface area contributed by atoms with Gasteiger partial charge in [0, 0.05) is 36.7 Å². The van der Waals surface area contributed by atoms with Crippen LogP contribution >= 0.6 is 35.7 Å². The number of aromatic nitrogens is 1. The Balaban J connectivity index is 0.00000243. The molecule has 1 unspecified atom stereocenters. The highest BCUT2D eigenvalue weighted by Gasteiger charge is 2.21. The zero-order valence-corrected chi connectivity index (χ0v) is 18.7. The number of nitrogens with one attached hydrogen (secondary N) is 1. The number of aliphatic imine (C=N–C) groups is 1. The topological polar surface area (TPSA) is 53.7 Å². The maximum Gasteiger partial charge on any atom is 0.226 e. The van der Waals surface area contributed by atoms with Crippen molar-refractivity contribution in [3.63, 3.8) is 0 Å². The standard InChI is InChI=1S/C19H26N4OS.HI/c1-4-17-12-23(9-10-25-17)19(20-3)21-11-16-13-24-18(22-16)15-7-5-14(2)6-8-15;/h5-8,13,17H,4,9-12H2,1-3H3,(H,20,21);1H. The van der Waals surface area contributed by atoms with Crippen LogP contribution in [0, 0.1) is 6.92 Å². The van der Waals surface area contributed by atoms with Crippen LogP contribution in [0.2, 0.25) is 0 Å². The molecule has 142 valence electrons. The highest BCUT2D eigenvalue weighted by molar-refractivity contribution is 14.0. The van der Waals surface area contributed by atoms with Crippen molar-refractivity contribution < 1.29 is 4.42 Å². The first kappa shape index (κ1) is 21.1. The van der Waals surface area contributed by atoms with E-state index in [-0.39, 0.29) is 24.0 Å². The molecule has 1 atom stereocenters. The van der Waals surface area contributed by atoms with Gasteiger partial charge in [0.15, 0.2) is 5.96 Å². The first-order valence-corrected chi connectivity index (χ1v) is 9.83. The van der Waals surface area contributed by atoms with E-state index in [1.165, 1.54) is 12.0 Å². The minimum Gasteiger partial charge on any atom is -0.444 e. The molecule has 1 N–H and O–H groups in total. The second-order valence-corrected chi connectivity index (χ2v) is 7.67. The first-order valence-electron chi connectivity index (χ1n) is 8.78. The number of thioether (sulfide) groups is 1. The fourth-order valence-electron chi connectivity index (χ4n) is 2.88. The van der Waals surface area contributed by atoms with Crippen molar-refractivity contribution in [3.05, 3.63) is 41.8 Å². The molecule has 5 nitrogen and oxygen atoms in total. The molecular formula is C19H27IN4OS. The van der Waals surface area contributed by atoms with Gasteiger partial charge in [0.25, 0.3) is 0 Å². The summed E-state index contributed by atoms with van der Waals surface area (Å²) in [4.78, 5) is 11.4. The molecule has 0 saturated carbocycles. The van der Waals surface area contributed by atoms with E-state index in [0.29, 0.717) is 17.7 Å². The maximum absolute atomic E-state index is 5.63. The average molecular weight is 486 g/mol. The van der Waals surface area contributed by atoms with Gasteiger partial charge in [-0.3, -0.25) is 4.99 Å². The fourth-order valence-corrected chi connectivity index (χ4v) is 4.06. The summed E-state index contributed by atoms with van der Waals surface area (Å²) < 4.78 is 5.63. The van der Waals surface area contributed by atoms with Crippen LogP contribution in [0.1, 0.15) is 24.6 Å². The SMILES string of the molecule is CCC1CN(C(=NC)NCc2coc(-c3ccc(C)cc3)n2)CCS1.I. The maximum atomic E-state index is 5.63. The van der Waals surface area contributed by atoms with Gasteiger partial charge in [0.05, 0.1) is 12.2 Å². The number of hydrogen-bond acceptors (Lipinski definition) is 4. The number of hydrogen-bond donors (Lipinski definition) is 1. The smallest absolute Gasteiger partial charge is 0.226 e. The van der Waals surface area contributed by atoms with Gasteiger partial charge >= 0.3 is 0 Å². The number of rotatable bonds is 4. The Labute approximate surface area is 177 Å². The highest BCUT2D eigenvalue weighted by atomic mass is 127. The lowest BCUT2D eigenvalue weighted by Gasteiger charge is -2.34. The number of halogens is 1. The molecule has 7 heteroatoms. The van der Waals surface area contributed by atoms with Crippen LogP contribution in [0.5, 0.6) is 0 Å². The quantitative estimate of drug-likeness (QED) is 0.400. The van der Waals surface area contributed by atoms with Gasteiger partial charge in [-0.2, -0.15) is 11.8 Å². The van der Waals surface area contributed by atoms with Crippen molar-refractivity contribution in [2.75, 3.05) is 25.9 Å². The van der Waals surface area contributed by atoms with Crippen LogP contribution in [0.25, 0.3) is 11.5 Å². The summed E-state index contributed by atoms with van der Waals surface area (Å²) in [6.45, 7) is 7.02. The second kappa shape index (κ2) is 10.2. The fraction of sp³-hybridized carbons (Fsp3) is 0.474. The van der Waals surface area contributed by atoms with Gasteiger partial charge in [-0.1, -0.05) is 24.6 Å². The van der Waals surface area contributed by atoms with Gasteiger partial charge in [-0.05, 0) is 25.5 Å². The van der Waals surface area contributed by atoms with Crippen molar-refractivity contribution in [2.45, 2.75) is 32.1 Å². The molecule has 0 bridgehead atoms. The zero-order valence-electron chi connectivity index (χ0n) is 15.6. The molecule has 1 aromatic heterocycles. The third-order valence-corrected chi connectivity index (χ3v) is 5.76. The zero-order chi connectivity index (χ0) is 17.6. The normalized spacial score (nSPS) is 17.7. The lowest BCUT2D eigenvalue weighted by molar-refractivity contribution is 0.407. The second-order valence-electron chi connectivity index (χ2n) is 6.26. The van der Waals surface area contributed by atoms with E-state index in [4.69, 9.17) is 4.42 Å². The Morgan fingerprint density at radius 2 is 2.15 bits per heavy atom. The molecule has 1 fully saturated rings. The summed E-state index contributed by atoms with van der Waals surface area (Å²) in [7, 11) is 1.84. The van der Waals surface area contributed by atoms with E-state index in [1.807, 2.05) is 19.2 Å².